The minimum atomic E-state index is -0.273. The van der Waals surface area contributed by atoms with Crippen LogP contribution < -0.4 is 10.2 Å². The fourth-order valence-corrected chi connectivity index (χ4v) is 6.06. The van der Waals surface area contributed by atoms with Crippen molar-refractivity contribution in [3.63, 3.8) is 0 Å². The summed E-state index contributed by atoms with van der Waals surface area (Å²) in [5, 5.41) is 16.8. The molecule has 2 aliphatic rings. The van der Waals surface area contributed by atoms with Crippen molar-refractivity contribution in [1.29, 1.82) is 0 Å². The molecule has 2 bridgehead atoms. The van der Waals surface area contributed by atoms with E-state index < -0.39 is 0 Å². The number of H-pyrrole nitrogens is 1. The maximum Gasteiger partial charge on any atom is 0.164 e. The molecule has 0 saturated carbocycles. The number of pyridine rings is 1. The largest absolute Gasteiger partial charge is 0.366 e. The molecule has 2 saturated heterocycles. The SMILES string of the molecule is Fc1cc(N2CC3CC2CN3)ccc1-c1ccnc2c(-c3cccc4[nH]ncc34)c(-c3ccncc3)nn12. The molecule has 186 valence electrons. The number of piperazine rings is 1. The van der Waals surface area contributed by atoms with E-state index in [1.165, 1.54) is 0 Å². The van der Waals surface area contributed by atoms with E-state index in [0.29, 0.717) is 29.0 Å². The molecule has 4 aromatic heterocycles. The van der Waals surface area contributed by atoms with Gasteiger partial charge in [-0.2, -0.15) is 10.2 Å². The van der Waals surface area contributed by atoms with Crippen LogP contribution in [-0.2, 0) is 0 Å². The third-order valence-electron chi connectivity index (χ3n) is 7.84. The lowest BCUT2D eigenvalue weighted by atomic mass is 9.99. The summed E-state index contributed by atoms with van der Waals surface area (Å²) in [6.07, 6.45) is 8.14. The predicted octanol–water partition coefficient (Wildman–Crippen LogP) is 4.69. The molecule has 6 heterocycles. The van der Waals surface area contributed by atoms with Crippen molar-refractivity contribution >= 4 is 22.2 Å². The Hall–Kier alpha value is -4.63. The number of hydrogen-bond acceptors (Lipinski definition) is 6. The molecule has 0 spiro atoms. The van der Waals surface area contributed by atoms with Gasteiger partial charge in [-0.15, -0.1) is 0 Å². The second-order valence-electron chi connectivity index (χ2n) is 9.97. The van der Waals surface area contributed by atoms with Crippen LogP contribution in [0.1, 0.15) is 6.42 Å². The van der Waals surface area contributed by atoms with Crippen LogP contribution in [0.15, 0.2) is 79.4 Å². The van der Waals surface area contributed by atoms with Crippen LogP contribution >= 0.6 is 0 Å². The lowest BCUT2D eigenvalue weighted by Gasteiger charge is -2.29. The van der Waals surface area contributed by atoms with Crippen molar-refractivity contribution < 1.29 is 4.39 Å². The first-order valence-electron chi connectivity index (χ1n) is 12.7. The van der Waals surface area contributed by atoms with Gasteiger partial charge < -0.3 is 10.2 Å². The molecule has 2 aliphatic heterocycles. The first kappa shape index (κ1) is 21.5. The number of aromatic amines is 1. The Morgan fingerprint density at radius 3 is 2.71 bits per heavy atom. The zero-order valence-electron chi connectivity index (χ0n) is 20.3. The average Bonchev–Trinajstić information content (AvgIpc) is 3.76. The average molecular weight is 503 g/mol. The maximum absolute atomic E-state index is 15.8. The van der Waals surface area contributed by atoms with Gasteiger partial charge in [-0.25, -0.2) is 13.9 Å². The van der Waals surface area contributed by atoms with Crippen molar-refractivity contribution in [3.8, 4) is 33.6 Å². The van der Waals surface area contributed by atoms with E-state index in [1.807, 2.05) is 54.7 Å². The fourth-order valence-electron chi connectivity index (χ4n) is 6.06. The maximum atomic E-state index is 15.8. The summed E-state index contributed by atoms with van der Waals surface area (Å²) < 4.78 is 17.5. The second-order valence-corrected chi connectivity index (χ2v) is 9.97. The highest BCUT2D eigenvalue weighted by atomic mass is 19.1. The Morgan fingerprint density at radius 2 is 1.89 bits per heavy atom. The highest BCUT2D eigenvalue weighted by Crippen LogP contribution is 2.39. The molecule has 2 atom stereocenters. The number of benzene rings is 2. The highest BCUT2D eigenvalue weighted by molar-refractivity contribution is 6.02. The Balaban J connectivity index is 1.33. The number of nitrogens with zero attached hydrogens (tertiary/aromatic N) is 6. The van der Waals surface area contributed by atoms with Gasteiger partial charge in [0, 0.05) is 66.0 Å². The lowest BCUT2D eigenvalue weighted by molar-refractivity contribution is 0.577. The summed E-state index contributed by atoms with van der Waals surface area (Å²) in [6.45, 7) is 1.87. The topological polar surface area (TPSA) is 87.0 Å². The van der Waals surface area contributed by atoms with Gasteiger partial charge in [0.2, 0.25) is 0 Å². The number of rotatable bonds is 4. The van der Waals surface area contributed by atoms with Crippen LogP contribution in [0.3, 0.4) is 0 Å². The minimum Gasteiger partial charge on any atom is -0.366 e. The zero-order chi connectivity index (χ0) is 25.2. The molecule has 9 heteroatoms. The molecule has 8 rings (SSSR count). The number of nitrogens with one attached hydrogen (secondary N) is 2. The van der Waals surface area contributed by atoms with Crippen molar-refractivity contribution in [3.05, 3.63) is 85.2 Å². The Bertz CT molecular complexity index is 1830. The lowest BCUT2D eigenvalue weighted by Crippen LogP contribution is -2.43. The van der Waals surface area contributed by atoms with E-state index >= 15 is 4.39 Å². The Morgan fingerprint density at radius 1 is 0.974 bits per heavy atom. The quantitative estimate of drug-likeness (QED) is 0.364. The third-order valence-corrected chi connectivity index (χ3v) is 7.84. The first-order chi connectivity index (χ1) is 18.7. The number of fused-ring (bicyclic) bond motifs is 4. The molecular weight excluding hydrogens is 479 g/mol. The van der Waals surface area contributed by atoms with Gasteiger partial charge >= 0.3 is 0 Å². The van der Waals surface area contributed by atoms with Gasteiger partial charge in [-0.1, -0.05) is 12.1 Å². The van der Waals surface area contributed by atoms with Crippen LogP contribution in [0, 0.1) is 5.82 Å². The normalized spacial score (nSPS) is 18.7. The number of aromatic nitrogens is 6. The number of halogens is 1. The molecular formula is C29H23FN8. The standard InChI is InChI=1S/C29H23FN8/c30-24-13-19(37-16-18-12-20(37)14-33-18)4-5-22(24)26-8-11-32-29-27(21-2-1-3-25-23(21)15-34-35-25)28(36-38(26)29)17-6-9-31-10-7-17/h1-11,13,15,18,20,33H,12,14,16H2,(H,34,35). The molecule has 0 amide bonds. The first-order valence-corrected chi connectivity index (χ1v) is 12.7. The van der Waals surface area contributed by atoms with Gasteiger partial charge in [-0.3, -0.25) is 10.1 Å². The fraction of sp³-hybridized carbons (Fsp3) is 0.172. The highest BCUT2D eigenvalue weighted by Gasteiger charge is 2.37. The van der Waals surface area contributed by atoms with Crippen molar-refractivity contribution in [2.24, 2.45) is 0 Å². The number of anilines is 1. The summed E-state index contributed by atoms with van der Waals surface area (Å²) in [5.74, 6) is -0.273. The molecule has 6 aromatic rings. The third kappa shape index (κ3) is 3.18. The predicted molar refractivity (Wildman–Crippen MR) is 144 cm³/mol. The zero-order valence-corrected chi connectivity index (χ0v) is 20.3. The van der Waals surface area contributed by atoms with Crippen LogP contribution in [-0.4, -0.2) is 55.0 Å². The number of hydrogen-bond donors (Lipinski definition) is 2. The molecule has 0 aliphatic carbocycles. The van der Waals surface area contributed by atoms with Crippen molar-refractivity contribution in [2.75, 3.05) is 18.0 Å². The monoisotopic (exact) mass is 502 g/mol. The minimum absolute atomic E-state index is 0.273. The van der Waals surface area contributed by atoms with Crippen LogP contribution in [0.25, 0.3) is 50.2 Å². The van der Waals surface area contributed by atoms with E-state index in [4.69, 9.17) is 10.1 Å². The summed E-state index contributed by atoms with van der Waals surface area (Å²) >= 11 is 0. The van der Waals surface area contributed by atoms with Gasteiger partial charge in [0.05, 0.1) is 23.0 Å². The van der Waals surface area contributed by atoms with E-state index in [0.717, 1.165) is 58.5 Å². The smallest absolute Gasteiger partial charge is 0.164 e. The van der Waals surface area contributed by atoms with Crippen LogP contribution in [0.4, 0.5) is 10.1 Å². The van der Waals surface area contributed by atoms with E-state index in [1.54, 1.807) is 29.2 Å². The molecule has 2 unspecified atom stereocenters. The van der Waals surface area contributed by atoms with Gasteiger partial charge in [0.1, 0.15) is 11.5 Å². The van der Waals surface area contributed by atoms with Crippen LogP contribution in [0.2, 0.25) is 0 Å². The van der Waals surface area contributed by atoms with Gasteiger partial charge in [-0.05, 0) is 54.4 Å². The molecule has 8 nitrogen and oxygen atoms in total. The Labute approximate surface area is 217 Å². The molecule has 2 N–H and O–H groups in total. The molecule has 2 fully saturated rings. The summed E-state index contributed by atoms with van der Waals surface area (Å²) in [7, 11) is 0. The van der Waals surface area contributed by atoms with Gasteiger partial charge in [0.25, 0.3) is 0 Å². The summed E-state index contributed by atoms with van der Waals surface area (Å²) in [6, 6.07) is 18.2. The molecule has 0 radical (unpaired) electrons. The molecule has 2 aromatic carbocycles. The van der Waals surface area contributed by atoms with Crippen LogP contribution in [0.5, 0.6) is 0 Å². The second kappa shape index (κ2) is 8.19. The van der Waals surface area contributed by atoms with Crippen molar-refractivity contribution in [1.82, 2.24) is 35.1 Å². The van der Waals surface area contributed by atoms with Gasteiger partial charge in [0.15, 0.2) is 5.65 Å². The Kier molecular flexibility index (Phi) is 4.62. The van der Waals surface area contributed by atoms with E-state index in [2.05, 4.69) is 25.4 Å². The molecule has 38 heavy (non-hydrogen) atoms. The summed E-state index contributed by atoms with van der Waals surface area (Å²) in [5.41, 5.74) is 7.10. The van der Waals surface area contributed by atoms with E-state index in [-0.39, 0.29) is 5.82 Å². The van der Waals surface area contributed by atoms with E-state index in [9.17, 15) is 0 Å². The summed E-state index contributed by atoms with van der Waals surface area (Å²) in [4.78, 5) is 11.2. The van der Waals surface area contributed by atoms with Crippen molar-refractivity contribution in [2.45, 2.75) is 18.5 Å².